The van der Waals surface area contributed by atoms with E-state index in [1.807, 2.05) is 25.1 Å². The van der Waals surface area contributed by atoms with Crippen LogP contribution in [0.5, 0.6) is 0 Å². The van der Waals surface area contributed by atoms with E-state index in [1.165, 1.54) is 0 Å². The Labute approximate surface area is 83.0 Å². The van der Waals surface area contributed by atoms with Crippen LogP contribution in [0.4, 0.5) is 5.69 Å². The van der Waals surface area contributed by atoms with E-state index in [0.717, 1.165) is 5.69 Å². The Morgan fingerprint density at radius 2 is 2.07 bits per heavy atom. The van der Waals surface area contributed by atoms with E-state index in [1.54, 1.807) is 17.9 Å². The van der Waals surface area contributed by atoms with Crippen LogP contribution in [-0.4, -0.2) is 17.6 Å². The third-order valence-electron chi connectivity index (χ3n) is 2.70. The second kappa shape index (κ2) is 2.82. The maximum atomic E-state index is 11.8. The van der Waals surface area contributed by atoms with Gasteiger partial charge in [-0.25, -0.2) is 0 Å². The van der Waals surface area contributed by atoms with Gasteiger partial charge in [-0.3, -0.25) is 4.79 Å². The van der Waals surface area contributed by atoms with Crippen molar-refractivity contribution < 1.29 is 9.90 Å². The average molecular weight is 191 g/mol. The van der Waals surface area contributed by atoms with Gasteiger partial charge in [0.25, 0.3) is 5.91 Å². The first-order chi connectivity index (χ1) is 6.59. The van der Waals surface area contributed by atoms with E-state index in [2.05, 4.69) is 0 Å². The third kappa shape index (κ3) is 0.990. The first-order valence-electron chi connectivity index (χ1n) is 4.73. The fourth-order valence-electron chi connectivity index (χ4n) is 1.92. The Hall–Kier alpha value is -1.35. The molecule has 1 unspecified atom stereocenters. The summed E-state index contributed by atoms with van der Waals surface area (Å²) in [5.74, 6) is -0.235. The highest BCUT2D eigenvalue weighted by molar-refractivity contribution is 6.06. The minimum Gasteiger partial charge on any atom is -0.375 e. The van der Waals surface area contributed by atoms with Crippen LogP contribution in [0.25, 0.3) is 0 Å². The molecule has 1 aromatic carbocycles. The number of benzene rings is 1. The molecule has 0 saturated heterocycles. The topological polar surface area (TPSA) is 40.5 Å². The zero-order valence-corrected chi connectivity index (χ0v) is 8.32. The molecular formula is C11H13NO2. The largest absolute Gasteiger partial charge is 0.375 e. The van der Waals surface area contributed by atoms with Crippen molar-refractivity contribution in [2.75, 3.05) is 11.4 Å². The molecule has 1 aliphatic heterocycles. The number of fused-ring (bicyclic) bond motifs is 1. The zero-order valence-electron chi connectivity index (χ0n) is 8.32. The number of anilines is 1. The number of carbonyl (C=O) groups excluding carboxylic acids is 1. The minimum atomic E-state index is -1.35. The van der Waals surface area contributed by atoms with Gasteiger partial charge in [0.1, 0.15) is 0 Å². The van der Waals surface area contributed by atoms with Gasteiger partial charge in [0.15, 0.2) is 5.60 Å². The molecule has 1 amide bonds. The highest BCUT2D eigenvalue weighted by Crippen LogP contribution is 2.39. The number of para-hydroxylation sites is 1. The van der Waals surface area contributed by atoms with E-state index in [-0.39, 0.29) is 5.91 Å². The van der Waals surface area contributed by atoms with E-state index in [4.69, 9.17) is 0 Å². The fraction of sp³-hybridized carbons (Fsp3) is 0.364. The Bertz CT molecular complexity index is 385. The summed E-state index contributed by atoms with van der Waals surface area (Å²) in [6.07, 6.45) is 0. The molecule has 0 bridgehead atoms. The van der Waals surface area contributed by atoms with E-state index in [9.17, 15) is 9.90 Å². The molecule has 1 N–H and O–H groups in total. The molecule has 0 fully saturated rings. The first kappa shape index (κ1) is 9.21. The Morgan fingerprint density at radius 3 is 2.71 bits per heavy atom. The van der Waals surface area contributed by atoms with Crippen LogP contribution in [0.2, 0.25) is 0 Å². The summed E-state index contributed by atoms with van der Waals surface area (Å²) in [5, 5.41) is 10.0. The lowest BCUT2D eigenvalue weighted by atomic mass is 9.98. The van der Waals surface area contributed by atoms with Gasteiger partial charge in [-0.2, -0.15) is 0 Å². The van der Waals surface area contributed by atoms with Gasteiger partial charge in [0.2, 0.25) is 0 Å². The fourth-order valence-corrected chi connectivity index (χ4v) is 1.92. The molecule has 0 radical (unpaired) electrons. The summed E-state index contributed by atoms with van der Waals surface area (Å²) in [5.41, 5.74) is 0.170. The summed E-state index contributed by atoms with van der Waals surface area (Å²) >= 11 is 0. The van der Waals surface area contributed by atoms with Crippen molar-refractivity contribution in [1.29, 1.82) is 0 Å². The van der Waals surface area contributed by atoms with Crippen molar-refractivity contribution >= 4 is 11.6 Å². The molecule has 74 valence electrons. The van der Waals surface area contributed by atoms with Crippen molar-refractivity contribution in [3.63, 3.8) is 0 Å². The number of nitrogens with zero attached hydrogens (tertiary/aromatic N) is 1. The van der Waals surface area contributed by atoms with E-state index < -0.39 is 5.60 Å². The van der Waals surface area contributed by atoms with Crippen molar-refractivity contribution in [3.8, 4) is 0 Å². The monoisotopic (exact) mass is 191 g/mol. The van der Waals surface area contributed by atoms with Gasteiger partial charge in [0.05, 0.1) is 5.69 Å². The maximum absolute atomic E-state index is 11.8. The quantitative estimate of drug-likeness (QED) is 0.726. The standard InChI is InChI=1S/C11H13NO2/c1-3-12-9-7-5-4-6-8(9)11(2,14)10(12)13/h4-7,14H,3H2,1-2H3. The normalized spacial score (nSPS) is 25.4. The number of likely N-dealkylation sites (N-methyl/N-ethyl adjacent to an activating group) is 1. The lowest BCUT2D eigenvalue weighted by molar-refractivity contribution is -0.134. The van der Waals surface area contributed by atoms with Crippen LogP contribution >= 0.6 is 0 Å². The predicted molar refractivity (Wildman–Crippen MR) is 54.0 cm³/mol. The molecule has 1 aromatic rings. The molecule has 0 aliphatic carbocycles. The number of hydrogen-bond donors (Lipinski definition) is 1. The molecule has 1 atom stereocenters. The Morgan fingerprint density at radius 1 is 1.43 bits per heavy atom. The van der Waals surface area contributed by atoms with Crippen LogP contribution in [0, 0.1) is 0 Å². The summed E-state index contributed by atoms with van der Waals surface area (Å²) < 4.78 is 0. The summed E-state index contributed by atoms with van der Waals surface area (Å²) in [6.45, 7) is 4.03. The number of hydrogen-bond acceptors (Lipinski definition) is 2. The second-order valence-corrected chi connectivity index (χ2v) is 3.64. The summed E-state index contributed by atoms with van der Waals surface area (Å²) in [4.78, 5) is 13.4. The zero-order chi connectivity index (χ0) is 10.3. The van der Waals surface area contributed by atoms with Crippen LogP contribution in [0.1, 0.15) is 19.4 Å². The molecule has 3 nitrogen and oxygen atoms in total. The molecule has 3 heteroatoms. The maximum Gasteiger partial charge on any atom is 0.263 e. The first-order valence-corrected chi connectivity index (χ1v) is 4.73. The van der Waals surface area contributed by atoms with E-state index >= 15 is 0 Å². The highest BCUT2D eigenvalue weighted by atomic mass is 16.3. The number of amides is 1. The SMILES string of the molecule is CCN1C(=O)C(C)(O)c2ccccc21. The summed E-state index contributed by atoms with van der Waals surface area (Å²) in [7, 11) is 0. The van der Waals surface area contributed by atoms with Crippen LogP contribution in [-0.2, 0) is 10.4 Å². The Balaban J connectivity index is 2.62. The highest BCUT2D eigenvalue weighted by Gasteiger charge is 2.44. The second-order valence-electron chi connectivity index (χ2n) is 3.64. The molecule has 2 rings (SSSR count). The third-order valence-corrected chi connectivity index (χ3v) is 2.70. The molecule has 0 aromatic heterocycles. The van der Waals surface area contributed by atoms with Gasteiger partial charge in [0, 0.05) is 12.1 Å². The minimum absolute atomic E-state index is 0.235. The smallest absolute Gasteiger partial charge is 0.263 e. The molecule has 0 spiro atoms. The van der Waals surface area contributed by atoms with Crippen molar-refractivity contribution in [2.24, 2.45) is 0 Å². The Kier molecular flexibility index (Phi) is 1.86. The predicted octanol–water partition coefficient (Wildman–Crippen LogP) is 1.26. The molecule has 0 saturated carbocycles. The van der Waals surface area contributed by atoms with Gasteiger partial charge < -0.3 is 10.0 Å². The van der Waals surface area contributed by atoms with Crippen molar-refractivity contribution in [3.05, 3.63) is 29.8 Å². The van der Waals surface area contributed by atoms with Gasteiger partial charge in [-0.1, -0.05) is 18.2 Å². The van der Waals surface area contributed by atoms with Crippen LogP contribution in [0.15, 0.2) is 24.3 Å². The average Bonchev–Trinajstić information content (AvgIpc) is 2.37. The molecular weight excluding hydrogens is 178 g/mol. The molecule has 1 heterocycles. The van der Waals surface area contributed by atoms with Gasteiger partial charge in [-0.05, 0) is 19.9 Å². The van der Waals surface area contributed by atoms with Crippen molar-refractivity contribution in [2.45, 2.75) is 19.4 Å². The van der Waals surface area contributed by atoms with Crippen molar-refractivity contribution in [1.82, 2.24) is 0 Å². The van der Waals surface area contributed by atoms with E-state index in [0.29, 0.717) is 12.1 Å². The van der Waals surface area contributed by atoms with Crippen LogP contribution in [0.3, 0.4) is 0 Å². The molecule has 14 heavy (non-hydrogen) atoms. The number of aliphatic hydroxyl groups is 1. The summed E-state index contributed by atoms with van der Waals surface area (Å²) in [6, 6.07) is 7.36. The molecule has 1 aliphatic rings. The lowest BCUT2D eigenvalue weighted by Gasteiger charge is -2.17. The number of rotatable bonds is 1. The van der Waals surface area contributed by atoms with Crippen LogP contribution < -0.4 is 4.90 Å². The lowest BCUT2D eigenvalue weighted by Crippen LogP contribution is -2.37. The van der Waals surface area contributed by atoms with Gasteiger partial charge in [-0.15, -0.1) is 0 Å². The van der Waals surface area contributed by atoms with Gasteiger partial charge >= 0.3 is 0 Å². The number of carbonyl (C=O) groups is 1.